The van der Waals surface area contributed by atoms with Crippen LogP contribution in [-0.4, -0.2) is 50.2 Å². The number of fused-ring (bicyclic) bond motifs is 1. The van der Waals surface area contributed by atoms with Gasteiger partial charge in [0.1, 0.15) is 5.82 Å². The van der Waals surface area contributed by atoms with Gasteiger partial charge in [0.05, 0.1) is 22.2 Å². The molecule has 1 aliphatic rings. The lowest BCUT2D eigenvalue weighted by molar-refractivity contribution is -0.384. The Morgan fingerprint density at radius 1 is 1.18 bits per heavy atom. The highest BCUT2D eigenvalue weighted by Crippen LogP contribution is 2.16. The summed E-state index contributed by atoms with van der Waals surface area (Å²) in [4.78, 5) is 28.9. The van der Waals surface area contributed by atoms with E-state index in [0.717, 1.165) is 32.1 Å². The number of nitro benzene ring substituents is 1. The Hall–Kier alpha value is -3.44. The number of halogens is 1. The number of nitrogens with zero attached hydrogens (tertiary/aromatic N) is 4. The molecule has 172 valence electrons. The first-order chi connectivity index (χ1) is 15.9. The molecular weight excluding hydrogens is 447 g/mol. The van der Waals surface area contributed by atoms with Gasteiger partial charge >= 0.3 is 0 Å². The van der Waals surface area contributed by atoms with Crippen LogP contribution in [0.15, 0.2) is 53.5 Å². The Bertz CT molecular complexity index is 1230. The van der Waals surface area contributed by atoms with Crippen molar-refractivity contribution in [3.8, 4) is 0 Å². The van der Waals surface area contributed by atoms with Gasteiger partial charge in [-0.05, 0) is 43.3 Å². The quantitative estimate of drug-likeness (QED) is 0.322. The number of benzene rings is 1. The normalized spacial score (nSPS) is 14.8. The fourth-order valence-corrected chi connectivity index (χ4v) is 4.22. The Labute approximate surface area is 194 Å². The summed E-state index contributed by atoms with van der Waals surface area (Å²) in [6.07, 6.45) is 2.90. The summed E-state index contributed by atoms with van der Waals surface area (Å²) in [7, 11) is 0. The predicted molar refractivity (Wildman–Crippen MR) is 128 cm³/mol. The van der Waals surface area contributed by atoms with E-state index in [2.05, 4.69) is 20.5 Å². The third kappa shape index (κ3) is 5.68. The van der Waals surface area contributed by atoms with E-state index in [0.29, 0.717) is 34.9 Å². The number of rotatable bonds is 6. The second-order valence-corrected chi connectivity index (χ2v) is 8.31. The summed E-state index contributed by atoms with van der Waals surface area (Å²) in [5.41, 5.74) is 1.63. The van der Waals surface area contributed by atoms with Gasteiger partial charge in [0.15, 0.2) is 5.11 Å². The van der Waals surface area contributed by atoms with Crippen molar-refractivity contribution < 1.29 is 9.31 Å². The smallest absolute Gasteiger partial charge is 0.269 e. The minimum Gasteiger partial charge on any atom is -0.360 e. The summed E-state index contributed by atoms with van der Waals surface area (Å²) >= 11 is 5.37. The molecule has 1 saturated heterocycles. The highest BCUT2D eigenvalue weighted by atomic mass is 32.1. The van der Waals surface area contributed by atoms with Crippen LogP contribution in [0.1, 0.15) is 12.8 Å². The Kier molecular flexibility index (Phi) is 6.90. The van der Waals surface area contributed by atoms with Crippen LogP contribution < -0.4 is 16.2 Å². The lowest BCUT2D eigenvalue weighted by atomic mass is 10.1. The van der Waals surface area contributed by atoms with Crippen molar-refractivity contribution in [1.82, 2.24) is 19.8 Å². The number of nitrogens with one attached hydrogen (secondary N) is 2. The number of hydrogen-bond acceptors (Lipinski definition) is 6. The van der Waals surface area contributed by atoms with Crippen molar-refractivity contribution in [2.45, 2.75) is 25.4 Å². The molecule has 33 heavy (non-hydrogen) atoms. The monoisotopic (exact) mass is 470 g/mol. The van der Waals surface area contributed by atoms with E-state index in [1.807, 2.05) is 0 Å². The maximum Gasteiger partial charge on any atom is 0.269 e. The first-order valence-corrected chi connectivity index (χ1v) is 11.0. The van der Waals surface area contributed by atoms with Crippen molar-refractivity contribution in [1.29, 1.82) is 0 Å². The van der Waals surface area contributed by atoms with E-state index in [1.54, 1.807) is 22.8 Å². The summed E-state index contributed by atoms with van der Waals surface area (Å²) in [6.45, 7) is 2.81. The van der Waals surface area contributed by atoms with Crippen LogP contribution >= 0.6 is 12.2 Å². The third-order valence-electron chi connectivity index (χ3n) is 5.70. The van der Waals surface area contributed by atoms with E-state index in [-0.39, 0.29) is 17.3 Å². The highest BCUT2D eigenvalue weighted by molar-refractivity contribution is 7.80. The molecule has 9 nitrogen and oxygen atoms in total. The molecule has 0 amide bonds. The summed E-state index contributed by atoms with van der Waals surface area (Å²) < 4.78 is 15.2. The molecule has 1 fully saturated rings. The number of pyridine rings is 2. The topological polar surface area (TPSA) is 105 Å². The second-order valence-electron chi connectivity index (χ2n) is 7.90. The van der Waals surface area contributed by atoms with Crippen molar-refractivity contribution in [2.75, 3.05) is 25.0 Å². The summed E-state index contributed by atoms with van der Waals surface area (Å²) in [6, 6.07) is 10.7. The number of non-ortho nitro benzene ring substituents is 1. The molecule has 1 aromatic carbocycles. The number of anilines is 1. The number of nitro groups is 1. The van der Waals surface area contributed by atoms with Gasteiger partial charge in [0, 0.05) is 62.2 Å². The van der Waals surface area contributed by atoms with Gasteiger partial charge in [0.2, 0.25) is 0 Å². The molecule has 0 spiro atoms. The SMILES string of the molecule is O=c1ccc2ncc(F)cc2n1CCN1CCC(NC(=S)Nc2ccc([N+](=O)[O-])cc2)CC1. The average Bonchev–Trinajstić information content (AvgIpc) is 2.79. The molecule has 3 aromatic rings. The lowest BCUT2D eigenvalue weighted by Gasteiger charge is -2.33. The van der Waals surface area contributed by atoms with E-state index in [1.165, 1.54) is 24.3 Å². The van der Waals surface area contributed by atoms with Crippen molar-refractivity contribution in [3.63, 3.8) is 0 Å². The van der Waals surface area contributed by atoms with Crippen LogP contribution in [0, 0.1) is 15.9 Å². The van der Waals surface area contributed by atoms with E-state index in [9.17, 15) is 19.3 Å². The minimum atomic E-state index is -0.466. The van der Waals surface area contributed by atoms with Crippen LogP contribution in [0.25, 0.3) is 11.0 Å². The fourth-order valence-electron chi connectivity index (χ4n) is 3.93. The van der Waals surface area contributed by atoms with Crippen LogP contribution in [0.3, 0.4) is 0 Å². The van der Waals surface area contributed by atoms with Crippen LogP contribution in [0.2, 0.25) is 0 Å². The van der Waals surface area contributed by atoms with Gasteiger partial charge in [-0.15, -0.1) is 0 Å². The molecule has 2 aromatic heterocycles. The first-order valence-electron chi connectivity index (χ1n) is 10.6. The van der Waals surface area contributed by atoms with Gasteiger partial charge in [-0.3, -0.25) is 19.9 Å². The maximum absolute atomic E-state index is 13.6. The molecule has 0 radical (unpaired) electrons. The number of likely N-dealkylation sites (tertiary alicyclic amines) is 1. The Morgan fingerprint density at radius 2 is 1.91 bits per heavy atom. The second kappa shape index (κ2) is 10.0. The van der Waals surface area contributed by atoms with E-state index >= 15 is 0 Å². The van der Waals surface area contributed by atoms with Crippen LogP contribution in [0.5, 0.6) is 0 Å². The average molecular weight is 471 g/mol. The number of hydrogen-bond donors (Lipinski definition) is 2. The molecule has 0 saturated carbocycles. The standard InChI is InChI=1S/C22H23FN6O3S/c23-15-13-20-19(24-14-15)5-6-21(30)28(20)12-11-27-9-7-17(8-10-27)26-22(33)25-16-1-3-18(4-2-16)29(31)32/h1-6,13-14,17H,7-12H2,(H2,25,26,33). The Balaban J connectivity index is 1.26. The zero-order valence-corrected chi connectivity index (χ0v) is 18.6. The molecular formula is C22H23FN6O3S. The predicted octanol–water partition coefficient (Wildman–Crippen LogP) is 2.89. The molecule has 0 atom stereocenters. The van der Waals surface area contributed by atoms with E-state index < -0.39 is 10.7 Å². The summed E-state index contributed by atoms with van der Waals surface area (Å²) in [5, 5.41) is 17.6. The minimum absolute atomic E-state index is 0.0268. The summed E-state index contributed by atoms with van der Waals surface area (Å²) in [5.74, 6) is -0.466. The van der Waals surface area contributed by atoms with Crippen LogP contribution in [0.4, 0.5) is 15.8 Å². The molecule has 11 heteroatoms. The molecule has 1 aliphatic heterocycles. The van der Waals surface area contributed by atoms with Gasteiger partial charge in [-0.2, -0.15) is 0 Å². The molecule has 0 aliphatic carbocycles. The van der Waals surface area contributed by atoms with Gasteiger partial charge < -0.3 is 20.1 Å². The third-order valence-corrected chi connectivity index (χ3v) is 5.92. The largest absolute Gasteiger partial charge is 0.360 e. The Morgan fingerprint density at radius 3 is 2.61 bits per heavy atom. The highest BCUT2D eigenvalue weighted by Gasteiger charge is 2.20. The van der Waals surface area contributed by atoms with E-state index in [4.69, 9.17) is 12.2 Å². The van der Waals surface area contributed by atoms with Crippen LogP contribution in [-0.2, 0) is 6.54 Å². The zero-order chi connectivity index (χ0) is 23.4. The van der Waals surface area contributed by atoms with Crippen molar-refractivity contribution in [2.24, 2.45) is 0 Å². The van der Waals surface area contributed by atoms with Crippen molar-refractivity contribution in [3.05, 3.63) is 74.9 Å². The lowest BCUT2D eigenvalue weighted by Crippen LogP contribution is -2.46. The molecule has 2 N–H and O–H groups in total. The molecule has 0 unspecified atom stereocenters. The van der Waals surface area contributed by atoms with Gasteiger partial charge in [0.25, 0.3) is 11.2 Å². The number of aromatic nitrogens is 2. The van der Waals surface area contributed by atoms with Crippen molar-refractivity contribution >= 4 is 39.7 Å². The first kappa shape index (κ1) is 22.7. The molecule has 0 bridgehead atoms. The fraction of sp³-hybridized carbons (Fsp3) is 0.318. The van der Waals surface area contributed by atoms with Gasteiger partial charge in [-0.1, -0.05) is 0 Å². The maximum atomic E-state index is 13.6. The molecule has 4 rings (SSSR count). The number of piperidine rings is 1. The number of thiocarbonyl (C=S) groups is 1. The van der Waals surface area contributed by atoms with Gasteiger partial charge in [-0.25, -0.2) is 4.39 Å². The zero-order valence-electron chi connectivity index (χ0n) is 17.7. The molecule has 3 heterocycles.